The molecule has 2 N–H and O–H groups in total. The number of hydrogen-bond acceptors (Lipinski definition) is 4. The summed E-state index contributed by atoms with van der Waals surface area (Å²) in [5.74, 6) is -0.260. The number of carboxylic acids is 1. The summed E-state index contributed by atoms with van der Waals surface area (Å²) < 4.78 is 1.66. The number of anilines is 1. The van der Waals surface area contributed by atoms with Crippen LogP contribution in [-0.4, -0.2) is 50.9 Å². The standard InChI is InChI=1S/C14H22N4O2/c1-9-12(14(19)20)13(17(2)16-9)15-10-6-8-18-7-4-3-5-11(10)18/h10-11,15H,3-8H2,1-2H3,(H,19,20). The number of aromatic nitrogens is 2. The van der Waals surface area contributed by atoms with Crippen molar-refractivity contribution in [1.29, 1.82) is 0 Å². The molecule has 2 unspecified atom stereocenters. The van der Waals surface area contributed by atoms with Gasteiger partial charge in [-0.05, 0) is 32.7 Å². The van der Waals surface area contributed by atoms with Crippen molar-refractivity contribution in [2.45, 2.75) is 44.7 Å². The molecular weight excluding hydrogens is 256 g/mol. The van der Waals surface area contributed by atoms with E-state index in [4.69, 9.17) is 0 Å². The molecule has 0 amide bonds. The number of carbonyl (C=O) groups is 1. The van der Waals surface area contributed by atoms with Gasteiger partial charge in [-0.15, -0.1) is 0 Å². The highest BCUT2D eigenvalue weighted by atomic mass is 16.4. The minimum Gasteiger partial charge on any atom is -0.477 e. The third kappa shape index (κ3) is 2.18. The molecule has 3 rings (SSSR count). The molecule has 2 saturated heterocycles. The summed E-state index contributed by atoms with van der Waals surface area (Å²) >= 11 is 0. The first-order chi connectivity index (χ1) is 9.58. The summed E-state index contributed by atoms with van der Waals surface area (Å²) in [5.41, 5.74) is 0.878. The molecule has 6 nitrogen and oxygen atoms in total. The zero-order valence-electron chi connectivity index (χ0n) is 12.1. The fourth-order valence-corrected chi connectivity index (χ4v) is 3.67. The van der Waals surface area contributed by atoms with E-state index in [9.17, 15) is 9.90 Å². The molecule has 0 radical (unpaired) electrons. The second-order valence-corrected chi connectivity index (χ2v) is 5.88. The zero-order chi connectivity index (χ0) is 14.3. The van der Waals surface area contributed by atoms with Crippen molar-refractivity contribution in [2.75, 3.05) is 18.4 Å². The molecule has 2 aliphatic rings. The number of fused-ring (bicyclic) bond motifs is 1. The summed E-state index contributed by atoms with van der Waals surface area (Å²) in [7, 11) is 1.80. The molecule has 2 atom stereocenters. The topological polar surface area (TPSA) is 70.4 Å². The van der Waals surface area contributed by atoms with Crippen LogP contribution in [0.25, 0.3) is 0 Å². The lowest BCUT2D eigenvalue weighted by Gasteiger charge is -2.32. The van der Waals surface area contributed by atoms with Gasteiger partial charge in [-0.2, -0.15) is 5.10 Å². The van der Waals surface area contributed by atoms with Crippen LogP contribution in [0.15, 0.2) is 0 Å². The fraction of sp³-hybridized carbons (Fsp3) is 0.714. The van der Waals surface area contributed by atoms with Crippen molar-refractivity contribution in [2.24, 2.45) is 7.05 Å². The van der Waals surface area contributed by atoms with Gasteiger partial charge in [0, 0.05) is 25.7 Å². The monoisotopic (exact) mass is 278 g/mol. The maximum absolute atomic E-state index is 11.4. The molecule has 1 aromatic heterocycles. The van der Waals surface area contributed by atoms with E-state index in [0.717, 1.165) is 13.0 Å². The SMILES string of the molecule is Cc1nn(C)c(NC2CCN3CCCCC23)c1C(=O)O. The van der Waals surface area contributed by atoms with E-state index in [1.807, 2.05) is 0 Å². The second kappa shape index (κ2) is 5.09. The highest BCUT2D eigenvalue weighted by Gasteiger charge is 2.36. The number of hydrogen-bond donors (Lipinski definition) is 2. The zero-order valence-corrected chi connectivity index (χ0v) is 12.1. The number of carboxylic acid groups (broad SMARTS) is 1. The Kier molecular flexibility index (Phi) is 3.41. The van der Waals surface area contributed by atoms with Crippen LogP contribution in [0.2, 0.25) is 0 Å². The smallest absolute Gasteiger partial charge is 0.341 e. The van der Waals surface area contributed by atoms with Crippen molar-refractivity contribution >= 4 is 11.8 Å². The van der Waals surface area contributed by atoms with Crippen LogP contribution in [-0.2, 0) is 7.05 Å². The minimum absolute atomic E-state index is 0.307. The maximum atomic E-state index is 11.4. The summed E-state index contributed by atoms with van der Waals surface area (Å²) in [6.45, 7) is 4.04. The quantitative estimate of drug-likeness (QED) is 0.876. The van der Waals surface area contributed by atoms with Gasteiger partial charge in [0.15, 0.2) is 0 Å². The second-order valence-electron chi connectivity index (χ2n) is 5.88. The van der Waals surface area contributed by atoms with E-state index in [-0.39, 0.29) is 0 Å². The Morgan fingerprint density at radius 1 is 1.35 bits per heavy atom. The van der Waals surface area contributed by atoms with Crippen LogP contribution in [0.1, 0.15) is 41.7 Å². The fourth-order valence-electron chi connectivity index (χ4n) is 3.67. The molecule has 6 heteroatoms. The third-order valence-electron chi connectivity index (χ3n) is 4.61. The molecule has 0 saturated carbocycles. The molecule has 0 bridgehead atoms. The molecule has 3 heterocycles. The van der Waals surface area contributed by atoms with Crippen LogP contribution in [0, 0.1) is 6.92 Å². The largest absolute Gasteiger partial charge is 0.477 e. The van der Waals surface area contributed by atoms with Gasteiger partial charge in [0.2, 0.25) is 0 Å². The van der Waals surface area contributed by atoms with Crippen LogP contribution < -0.4 is 5.32 Å². The molecule has 20 heavy (non-hydrogen) atoms. The summed E-state index contributed by atoms with van der Waals surface area (Å²) in [4.78, 5) is 13.9. The number of nitrogens with one attached hydrogen (secondary N) is 1. The molecule has 110 valence electrons. The highest BCUT2D eigenvalue weighted by Crippen LogP contribution is 2.30. The average Bonchev–Trinajstić information content (AvgIpc) is 2.92. The summed E-state index contributed by atoms with van der Waals surface area (Å²) in [6, 6.07) is 0.879. The Bertz CT molecular complexity index is 525. The van der Waals surface area contributed by atoms with Crippen molar-refractivity contribution in [3.05, 3.63) is 11.3 Å². The predicted molar refractivity (Wildman–Crippen MR) is 76.1 cm³/mol. The Hall–Kier alpha value is -1.56. The van der Waals surface area contributed by atoms with Gasteiger partial charge in [0.25, 0.3) is 0 Å². The average molecular weight is 278 g/mol. The van der Waals surface area contributed by atoms with Gasteiger partial charge in [-0.3, -0.25) is 9.58 Å². The van der Waals surface area contributed by atoms with Crippen molar-refractivity contribution in [3.63, 3.8) is 0 Å². The Morgan fingerprint density at radius 3 is 2.90 bits per heavy atom. The van der Waals surface area contributed by atoms with E-state index < -0.39 is 5.97 Å². The number of piperidine rings is 1. The number of aromatic carboxylic acids is 1. The molecule has 2 fully saturated rings. The predicted octanol–water partition coefficient (Wildman–Crippen LogP) is 1.47. The molecule has 2 aliphatic heterocycles. The van der Waals surface area contributed by atoms with Gasteiger partial charge in [-0.25, -0.2) is 4.79 Å². The highest BCUT2D eigenvalue weighted by molar-refractivity contribution is 5.94. The van der Waals surface area contributed by atoms with Gasteiger partial charge < -0.3 is 10.4 Å². The van der Waals surface area contributed by atoms with Crippen LogP contribution in [0.5, 0.6) is 0 Å². The Morgan fingerprint density at radius 2 is 2.15 bits per heavy atom. The van der Waals surface area contributed by atoms with E-state index >= 15 is 0 Å². The first-order valence-electron chi connectivity index (χ1n) is 7.35. The van der Waals surface area contributed by atoms with E-state index in [1.54, 1.807) is 18.7 Å². The Labute approximate surface area is 118 Å². The minimum atomic E-state index is -0.906. The molecule has 1 aromatic rings. The van der Waals surface area contributed by atoms with Crippen LogP contribution in [0.4, 0.5) is 5.82 Å². The van der Waals surface area contributed by atoms with Crippen molar-refractivity contribution < 1.29 is 9.90 Å². The molecular formula is C14H22N4O2. The molecule has 0 aromatic carbocycles. The summed E-state index contributed by atoms with van der Waals surface area (Å²) in [6.07, 6.45) is 4.84. The number of rotatable bonds is 3. The van der Waals surface area contributed by atoms with E-state index in [1.165, 1.54) is 25.8 Å². The molecule has 0 aliphatic carbocycles. The normalized spacial score (nSPS) is 26.5. The van der Waals surface area contributed by atoms with Gasteiger partial charge in [-0.1, -0.05) is 6.42 Å². The van der Waals surface area contributed by atoms with Crippen molar-refractivity contribution in [3.8, 4) is 0 Å². The van der Waals surface area contributed by atoms with Crippen LogP contribution >= 0.6 is 0 Å². The number of nitrogens with zero attached hydrogens (tertiary/aromatic N) is 3. The van der Waals surface area contributed by atoms with Gasteiger partial charge >= 0.3 is 5.97 Å². The maximum Gasteiger partial charge on any atom is 0.341 e. The third-order valence-corrected chi connectivity index (χ3v) is 4.61. The number of aryl methyl sites for hydroxylation is 2. The van der Waals surface area contributed by atoms with Crippen molar-refractivity contribution in [1.82, 2.24) is 14.7 Å². The van der Waals surface area contributed by atoms with Crippen LogP contribution in [0.3, 0.4) is 0 Å². The Balaban J connectivity index is 1.83. The first-order valence-corrected chi connectivity index (χ1v) is 7.35. The first kappa shape index (κ1) is 13.4. The van der Waals surface area contributed by atoms with Gasteiger partial charge in [0.1, 0.15) is 11.4 Å². The van der Waals surface area contributed by atoms with Gasteiger partial charge in [0.05, 0.1) is 5.69 Å². The summed E-state index contributed by atoms with van der Waals surface area (Å²) in [5, 5.41) is 17.1. The molecule has 0 spiro atoms. The van der Waals surface area contributed by atoms with E-state index in [0.29, 0.717) is 29.2 Å². The van der Waals surface area contributed by atoms with E-state index in [2.05, 4.69) is 15.3 Å². The lowest BCUT2D eigenvalue weighted by atomic mass is 9.99. The lowest BCUT2D eigenvalue weighted by molar-refractivity contribution is 0.0697. The lowest BCUT2D eigenvalue weighted by Crippen LogP contribution is -2.42.